The molecule has 146 valence electrons. The zero-order valence-electron chi connectivity index (χ0n) is 15.8. The molecule has 2 aromatic rings. The predicted octanol–water partition coefficient (Wildman–Crippen LogP) is 2.98. The van der Waals surface area contributed by atoms with Gasteiger partial charge in [0.1, 0.15) is 23.9 Å². The Morgan fingerprint density at radius 3 is 2.44 bits per heavy atom. The first kappa shape index (κ1) is 20.9. The highest BCUT2D eigenvalue weighted by Gasteiger charge is 2.09. The summed E-state index contributed by atoms with van der Waals surface area (Å²) in [6, 6.07) is 12.7. The first-order chi connectivity index (χ1) is 13.0. The number of carbonyl (C=O) groups is 1. The quantitative estimate of drug-likeness (QED) is 0.673. The van der Waals surface area contributed by atoms with Gasteiger partial charge in [-0.3, -0.25) is 9.69 Å². The van der Waals surface area contributed by atoms with Crippen molar-refractivity contribution in [3.05, 3.63) is 53.1 Å². The number of hydrogen-bond acceptors (Lipinski definition) is 5. The third kappa shape index (κ3) is 7.00. The lowest BCUT2D eigenvalue weighted by Gasteiger charge is -2.17. The number of nitrogens with one attached hydrogen (secondary N) is 1. The van der Waals surface area contributed by atoms with Crippen LogP contribution in [0, 0.1) is 0 Å². The van der Waals surface area contributed by atoms with Crippen molar-refractivity contribution in [2.75, 3.05) is 41.0 Å². The van der Waals surface area contributed by atoms with Gasteiger partial charge in [-0.1, -0.05) is 11.6 Å². The number of carbonyl (C=O) groups excluding carboxylic acids is 1. The number of halogens is 1. The molecule has 0 heterocycles. The van der Waals surface area contributed by atoms with Gasteiger partial charge in [0.05, 0.1) is 20.8 Å². The minimum atomic E-state index is -0.0797. The lowest BCUT2D eigenvalue weighted by molar-refractivity contribution is -0.122. The highest BCUT2D eigenvalue weighted by atomic mass is 35.5. The maximum absolute atomic E-state index is 12.1. The lowest BCUT2D eigenvalue weighted by Crippen LogP contribution is -2.36. The fourth-order valence-electron chi connectivity index (χ4n) is 2.45. The van der Waals surface area contributed by atoms with Crippen molar-refractivity contribution >= 4 is 17.5 Å². The van der Waals surface area contributed by atoms with Gasteiger partial charge in [-0.05, 0) is 49.5 Å². The average molecular weight is 393 g/mol. The summed E-state index contributed by atoms with van der Waals surface area (Å²) in [6.07, 6.45) is 0. The number of methoxy groups -OCH3 is 2. The van der Waals surface area contributed by atoms with Crippen LogP contribution in [0.1, 0.15) is 5.56 Å². The Hall–Kier alpha value is -2.44. The number of rotatable bonds is 10. The van der Waals surface area contributed by atoms with E-state index in [0.717, 1.165) is 17.1 Å². The molecule has 0 unspecified atom stereocenters. The third-order valence-electron chi connectivity index (χ3n) is 3.93. The summed E-state index contributed by atoms with van der Waals surface area (Å²) >= 11 is 6.00. The SMILES string of the molecule is COc1ccc(OCCN(C)CC(=O)NCc2cc(Cl)ccc2OC)cc1. The highest BCUT2D eigenvalue weighted by molar-refractivity contribution is 6.30. The molecule has 0 fully saturated rings. The zero-order valence-corrected chi connectivity index (χ0v) is 16.6. The number of likely N-dealkylation sites (N-methyl/N-ethyl adjacent to an activating group) is 1. The molecule has 0 bridgehead atoms. The van der Waals surface area contributed by atoms with Crippen LogP contribution < -0.4 is 19.5 Å². The van der Waals surface area contributed by atoms with Gasteiger partial charge in [-0.15, -0.1) is 0 Å². The standard InChI is InChI=1S/C20H25ClN2O4/c1-23(10-11-27-18-7-5-17(25-2)6-8-18)14-20(24)22-13-15-12-16(21)4-9-19(15)26-3/h4-9,12H,10-11,13-14H2,1-3H3,(H,22,24). The molecule has 27 heavy (non-hydrogen) atoms. The maximum atomic E-state index is 12.1. The molecule has 0 radical (unpaired) electrons. The molecular weight excluding hydrogens is 368 g/mol. The van der Waals surface area contributed by atoms with Crippen molar-refractivity contribution in [2.45, 2.75) is 6.54 Å². The van der Waals surface area contributed by atoms with Crippen molar-refractivity contribution in [3.8, 4) is 17.2 Å². The van der Waals surface area contributed by atoms with Crippen LogP contribution in [0.4, 0.5) is 0 Å². The summed E-state index contributed by atoms with van der Waals surface area (Å²) in [5, 5.41) is 3.48. The molecule has 0 saturated carbocycles. The first-order valence-corrected chi connectivity index (χ1v) is 8.94. The summed E-state index contributed by atoms with van der Waals surface area (Å²) in [6.45, 7) is 1.74. The van der Waals surface area contributed by atoms with Gasteiger partial charge in [0.15, 0.2) is 0 Å². The van der Waals surface area contributed by atoms with Crippen LogP contribution in [0.5, 0.6) is 17.2 Å². The molecular formula is C20H25ClN2O4. The number of ether oxygens (including phenoxy) is 3. The smallest absolute Gasteiger partial charge is 0.234 e. The van der Waals surface area contributed by atoms with Crippen LogP contribution in [0.3, 0.4) is 0 Å². The molecule has 6 nitrogen and oxygen atoms in total. The van der Waals surface area contributed by atoms with Crippen LogP contribution in [0.15, 0.2) is 42.5 Å². The lowest BCUT2D eigenvalue weighted by atomic mass is 10.2. The second kappa shape index (κ2) is 10.6. The molecule has 0 saturated heterocycles. The Kier molecular flexibility index (Phi) is 8.23. The molecule has 1 N–H and O–H groups in total. The van der Waals surface area contributed by atoms with E-state index >= 15 is 0 Å². The van der Waals surface area contributed by atoms with Gasteiger partial charge in [-0.25, -0.2) is 0 Å². The zero-order chi connectivity index (χ0) is 19.6. The highest BCUT2D eigenvalue weighted by Crippen LogP contribution is 2.22. The largest absolute Gasteiger partial charge is 0.497 e. The third-order valence-corrected chi connectivity index (χ3v) is 4.17. The van der Waals surface area contributed by atoms with Gasteiger partial charge < -0.3 is 19.5 Å². The predicted molar refractivity (Wildman–Crippen MR) is 106 cm³/mol. The van der Waals surface area contributed by atoms with Crippen molar-refractivity contribution in [2.24, 2.45) is 0 Å². The van der Waals surface area contributed by atoms with Gasteiger partial charge >= 0.3 is 0 Å². The number of hydrogen-bond donors (Lipinski definition) is 1. The van der Waals surface area contributed by atoms with Gasteiger partial charge in [0, 0.05) is 23.7 Å². The summed E-state index contributed by atoms with van der Waals surface area (Å²) in [7, 11) is 5.08. The van der Waals surface area contributed by atoms with E-state index in [0.29, 0.717) is 30.5 Å². The summed E-state index contributed by atoms with van der Waals surface area (Å²) < 4.78 is 16.1. The summed E-state index contributed by atoms with van der Waals surface area (Å²) in [4.78, 5) is 14.0. The summed E-state index contributed by atoms with van der Waals surface area (Å²) in [5.74, 6) is 2.17. The Balaban J connectivity index is 1.71. The molecule has 0 spiro atoms. The fraction of sp³-hybridized carbons (Fsp3) is 0.350. The van der Waals surface area contributed by atoms with E-state index in [1.807, 2.05) is 36.2 Å². The molecule has 0 aliphatic rings. The molecule has 7 heteroatoms. The molecule has 0 aromatic heterocycles. The van der Waals surface area contributed by atoms with Crippen LogP contribution in [0.2, 0.25) is 5.02 Å². The Morgan fingerprint density at radius 2 is 1.78 bits per heavy atom. The second-order valence-corrected chi connectivity index (χ2v) is 6.43. The maximum Gasteiger partial charge on any atom is 0.234 e. The Bertz CT molecular complexity index is 737. The van der Waals surface area contributed by atoms with Crippen molar-refractivity contribution in [1.29, 1.82) is 0 Å². The van der Waals surface area contributed by atoms with E-state index in [4.69, 9.17) is 25.8 Å². The van der Waals surface area contributed by atoms with Crippen LogP contribution in [-0.4, -0.2) is 51.8 Å². The monoisotopic (exact) mass is 392 g/mol. The molecule has 1 amide bonds. The fourth-order valence-corrected chi connectivity index (χ4v) is 2.65. The van der Waals surface area contributed by atoms with E-state index in [1.54, 1.807) is 32.4 Å². The Morgan fingerprint density at radius 1 is 1.07 bits per heavy atom. The first-order valence-electron chi connectivity index (χ1n) is 8.56. The number of nitrogens with zero attached hydrogens (tertiary/aromatic N) is 1. The minimum absolute atomic E-state index is 0.0797. The van der Waals surface area contributed by atoms with Crippen molar-refractivity contribution in [1.82, 2.24) is 10.2 Å². The van der Waals surface area contributed by atoms with Crippen LogP contribution in [-0.2, 0) is 11.3 Å². The number of benzene rings is 2. The Labute approximate surface area is 165 Å². The average Bonchev–Trinajstić information content (AvgIpc) is 2.67. The van der Waals surface area contributed by atoms with E-state index in [2.05, 4.69) is 5.32 Å². The minimum Gasteiger partial charge on any atom is -0.497 e. The van der Waals surface area contributed by atoms with Gasteiger partial charge in [-0.2, -0.15) is 0 Å². The van der Waals surface area contributed by atoms with E-state index in [-0.39, 0.29) is 12.5 Å². The van der Waals surface area contributed by atoms with Gasteiger partial charge in [0.2, 0.25) is 5.91 Å². The molecule has 2 aromatic carbocycles. The van der Waals surface area contributed by atoms with Crippen molar-refractivity contribution < 1.29 is 19.0 Å². The van der Waals surface area contributed by atoms with E-state index in [9.17, 15) is 4.79 Å². The normalized spacial score (nSPS) is 10.6. The van der Waals surface area contributed by atoms with E-state index in [1.165, 1.54) is 0 Å². The van der Waals surface area contributed by atoms with Crippen molar-refractivity contribution in [3.63, 3.8) is 0 Å². The molecule has 2 rings (SSSR count). The molecule has 0 aliphatic carbocycles. The summed E-state index contributed by atoms with van der Waals surface area (Å²) in [5.41, 5.74) is 0.837. The number of amides is 1. The molecule has 0 aliphatic heterocycles. The van der Waals surface area contributed by atoms with Crippen LogP contribution in [0.25, 0.3) is 0 Å². The van der Waals surface area contributed by atoms with Crippen LogP contribution >= 0.6 is 11.6 Å². The topological polar surface area (TPSA) is 60.0 Å². The van der Waals surface area contributed by atoms with E-state index < -0.39 is 0 Å². The van der Waals surface area contributed by atoms with Gasteiger partial charge in [0.25, 0.3) is 0 Å². The molecule has 0 atom stereocenters. The second-order valence-electron chi connectivity index (χ2n) is 5.99.